The van der Waals surface area contributed by atoms with Gasteiger partial charge in [-0.3, -0.25) is 4.79 Å². The summed E-state index contributed by atoms with van der Waals surface area (Å²) in [4.78, 5) is 12.8. The molecule has 1 heterocycles. The van der Waals surface area contributed by atoms with Gasteiger partial charge in [-0.1, -0.05) is 25.5 Å². The summed E-state index contributed by atoms with van der Waals surface area (Å²) in [5, 5.41) is 2.89. The molecule has 0 unspecified atom stereocenters. The van der Waals surface area contributed by atoms with Crippen LogP contribution in [0.15, 0.2) is 53.4 Å². The van der Waals surface area contributed by atoms with Gasteiger partial charge < -0.3 is 10.1 Å². The molecule has 1 aliphatic rings. The molecule has 29 heavy (non-hydrogen) atoms. The Hall–Kier alpha value is -2.38. The standard InChI is InChI=1S/C22H28N2O4S/c1-3-17-7-9-18(10-8-17)23-22(25)16-19-6-4-5-15-24(19)29(26,27)21-13-11-20(28-2)12-14-21/h7-14,19H,3-6,15-16H2,1-2H3,(H,23,25)/t19-/m1/s1. The number of amides is 1. The lowest BCUT2D eigenvalue weighted by atomic mass is 10.0. The Kier molecular flexibility index (Phi) is 6.92. The van der Waals surface area contributed by atoms with Gasteiger partial charge in [0.2, 0.25) is 15.9 Å². The SMILES string of the molecule is CCc1ccc(NC(=O)C[C@H]2CCCCN2S(=O)(=O)c2ccc(OC)cc2)cc1. The molecule has 0 aliphatic carbocycles. The van der Waals surface area contributed by atoms with E-state index in [2.05, 4.69) is 12.2 Å². The molecule has 0 radical (unpaired) electrons. The topological polar surface area (TPSA) is 75.7 Å². The molecule has 1 N–H and O–H groups in total. The van der Waals surface area contributed by atoms with Crippen molar-refractivity contribution in [3.63, 3.8) is 0 Å². The number of ether oxygens (including phenoxy) is 1. The highest BCUT2D eigenvalue weighted by Gasteiger charge is 2.34. The molecule has 6 nitrogen and oxygen atoms in total. The van der Waals surface area contributed by atoms with Crippen LogP contribution >= 0.6 is 0 Å². The van der Waals surface area contributed by atoms with Crippen LogP contribution in [-0.2, 0) is 21.2 Å². The fourth-order valence-corrected chi connectivity index (χ4v) is 5.32. The number of carbonyl (C=O) groups is 1. The van der Waals surface area contributed by atoms with Gasteiger partial charge in [-0.05, 0) is 61.2 Å². The van der Waals surface area contributed by atoms with E-state index in [9.17, 15) is 13.2 Å². The van der Waals surface area contributed by atoms with E-state index in [0.717, 1.165) is 24.9 Å². The normalized spacial score (nSPS) is 17.7. The van der Waals surface area contributed by atoms with Gasteiger partial charge in [0.05, 0.1) is 12.0 Å². The van der Waals surface area contributed by atoms with Crippen molar-refractivity contribution in [3.8, 4) is 5.75 Å². The molecule has 1 fully saturated rings. The van der Waals surface area contributed by atoms with Crippen molar-refractivity contribution < 1.29 is 17.9 Å². The fraction of sp³-hybridized carbons (Fsp3) is 0.409. The summed E-state index contributed by atoms with van der Waals surface area (Å²) in [6.45, 7) is 2.51. The second-order valence-electron chi connectivity index (χ2n) is 7.24. The van der Waals surface area contributed by atoms with Crippen LogP contribution in [0.4, 0.5) is 5.69 Å². The predicted octanol–water partition coefficient (Wildman–Crippen LogP) is 3.83. The average molecular weight is 417 g/mol. The van der Waals surface area contributed by atoms with Gasteiger partial charge in [0.15, 0.2) is 0 Å². The van der Waals surface area contributed by atoms with E-state index in [1.807, 2.05) is 24.3 Å². The first-order chi connectivity index (χ1) is 13.9. The zero-order valence-corrected chi connectivity index (χ0v) is 17.7. The van der Waals surface area contributed by atoms with Gasteiger partial charge in [-0.25, -0.2) is 8.42 Å². The molecular weight excluding hydrogens is 388 g/mol. The van der Waals surface area contributed by atoms with Crippen LogP contribution in [-0.4, -0.2) is 38.3 Å². The molecule has 0 saturated carbocycles. The molecule has 1 saturated heterocycles. The number of hydrogen-bond acceptors (Lipinski definition) is 4. The monoisotopic (exact) mass is 416 g/mol. The first-order valence-electron chi connectivity index (χ1n) is 9.98. The molecule has 2 aromatic carbocycles. The van der Waals surface area contributed by atoms with Crippen LogP contribution in [0, 0.1) is 0 Å². The fourth-order valence-electron chi connectivity index (χ4n) is 3.63. The van der Waals surface area contributed by atoms with Gasteiger partial charge >= 0.3 is 0 Å². The van der Waals surface area contributed by atoms with E-state index in [4.69, 9.17) is 4.74 Å². The number of carbonyl (C=O) groups excluding carboxylic acids is 1. The van der Waals surface area contributed by atoms with E-state index >= 15 is 0 Å². The van der Waals surface area contributed by atoms with Crippen LogP contribution in [0.1, 0.15) is 38.2 Å². The highest BCUT2D eigenvalue weighted by atomic mass is 32.2. The number of anilines is 1. The Morgan fingerprint density at radius 1 is 1.10 bits per heavy atom. The van der Waals surface area contributed by atoms with Gasteiger partial charge in [-0.15, -0.1) is 0 Å². The maximum Gasteiger partial charge on any atom is 0.243 e. The minimum Gasteiger partial charge on any atom is -0.497 e. The zero-order chi connectivity index (χ0) is 20.9. The molecular formula is C22H28N2O4S. The van der Waals surface area contributed by atoms with E-state index < -0.39 is 10.0 Å². The molecule has 3 rings (SSSR count). The smallest absolute Gasteiger partial charge is 0.243 e. The molecule has 0 aromatic heterocycles. The van der Waals surface area contributed by atoms with Crippen molar-refractivity contribution in [2.45, 2.75) is 50.0 Å². The summed E-state index contributed by atoms with van der Waals surface area (Å²) in [5.74, 6) is 0.434. The number of benzene rings is 2. The molecule has 7 heteroatoms. The van der Waals surface area contributed by atoms with Gasteiger partial charge in [0, 0.05) is 24.7 Å². The van der Waals surface area contributed by atoms with Crippen molar-refractivity contribution in [2.75, 3.05) is 19.0 Å². The summed E-state index contributed by atoms with van der Waals surface area (Å²) in [6.07, 6.45) is 3.47. The van der Waals surface area contributed by atoms with Crippen LogP contribution in [0.25, 0.3) is 0 Å². The Morgan fingerprint density at radius 2 is 1.79 bits per heavy atom. The lowest BCUT2D eigenvalue weighted by Gasteiger charge is -2.34. The molecule has 0 bridgehead atoms. The summed E-state index contributed by atoms with van der Waals surface area (Å²) >= 11 is 0. The minimum absolute atomic E-state index is 0.144. The quantitative estimate of drug-likeness (QED) is 0.744. The van der Waals surface area contributed by atoms with E-state index in [1.165, 1.54) is 9.87 Å². The van der Waals surface area contributed by atoms with Crippen molar-refractivity contribution in [2.24, 2.45) is 0 Å². The Bertz CT molecular complexity index is 924. The number of hydrogen-bond donors (Lipinski definition) is 1. The largest absolute Gasteiger partial charge is 0.497 e. The van der Waals surface area contributed by atoms with Crippen LogP contribution < -0.4 is 10.1 Å². The molecule has 2 aromatic rings. The van der Waals surface area contributed by atoms with Crippen molar-refractivity contribution >= 4 is 21.6 Å². The van der Waals surface area contributed by atoms with Crippen molar-refractivity contribution in [1.82, 2.24) is 4.31 Å². The van der Waals surface area contributed by atoms with Crippen LogP contribution in [0.3, 0.4) is 0 Å². The molecule has 1 amide bonds. The number of nitrogens with zero attached hydrogens (tertiary/aromatic N) is 1. The summed E-state index contributed by atoms with van der Waals surface area (Å²) in [6, 6.07) is 13.8. The van der Waals surface area contributed by atoms with E-state index in [0.29, 0.717) is 18.7 Å². The maximum absolute atomic E-state index is 13.2. The summed E-state index contributed by atoms with van der Waals surface area (Å²) < 4.78 is 32.9. The molecule has 1 aliphatic heterocycles. The van der Waals surface area contributed by atoms with E-state index in [1.54, 1.807) is 31.4 Å². The lowest BCUT2D eigenvalue weighted by Crippen LogP contribution is -2.45. The minimum atomic E-state index is -3.67. The third kappa shape index (κ3) is 5.16. The summed E-state index contributed by atoms with van der Waals surface area (Å²) in [7, 11) is -2.13. The Balaban J connectivity index is 1.71. The Morgan fingerprint density at radius 3 is 2.41 bits per heavy atom. The van der Waals surface area contributed by atoms with Crippen molar-refractivity contribution in [1.29, 1.82) is 0 Å². The lowest BCUT2D eigenvalue weighted by molar-refractivity contribution is -0.117. The molecule has 156 valence electrons. The van der Waals surface area contributed by atoms with Crippen LogP contribution in [0.5, 0.6) is 5.75 Å². The first-order valence-corrected chi connectivity index (χ1v) is 11.4. The van der Waals surface area contributed by atoms with Crippen LogP contribution in [0.2, 0.25) is 0 Å². The van der Waals surface area contributed by atoms with Gasteiger partial charge in [0.1, 0.15) is 5.75 Å². The third-order valence-electron chi connectivity index (χ3n) is 5.31. The first kappa shape index (κ1) is 21.3. The number of nitrogens with one attached hydrogen (secondary N) is 1. The van der Waals surface area contributed by atoms with E-state index in [-0.39, 0.29) is 23.3 Å². The number of piperidine rings is 1. The number of aryl methyl sites for hydroxylation is 1. The maximum atomic E-state index is 13.2. The van der Waals surface area contributed by atoms with Crippen molar-refractivity contribution in [3.05, 3.63) is 54.1 Å². The van der Waals surface area contributed by atoms with Gasteiger partial charge in [-0.2, -0.15) is 4.31 Å². The summed E-state index contributed by atoms with van der Waals surface area (Å²) in [5.41, 5.74) is 1.93. The average Bonchev–Trinajstić information content (AvgIpc) is 2.74. The number of rotatable bonds is 7. The second-order valence-corrected chi connectivity index (χ2v) is 9.13. The predicted molar refractivity (Wildman–Crippen MR) is 114 cm³/mol. The molecule has 0 spiro atoms. The third-order valence-corrected chi connectivity index (χ3v) is 7.27. The van der Waals surface area contributed by atoms with Gasteiger partial charge in [0.25, 0.3) is 0 Å². The highest BCUT2D eigenvalue weighted by Crippen LogP contribution is 2.28. The Labute approximate surface area is 172 Å². The number of methoxy groups -OCH3 is 1. The zero-order valence-electron chi connectivity index (χ0n) is 16.9. The second kappa shape index (κ2) is 9.41. The highest BCUT2D eigenvalue weighted by molar-refractivity contribution is 7.89. The number of sulfonamides is 1. The molecule has 1 atom stereocenters.